The largest absolute Gasteiger partial charge is 0.497 e. The Kier molecular flexibility index (Phi) is 7.12. The highest BCUT2D eigenvalue weighted by Gasteiger charge is 2.14. The van der Waals surface area contributed by atoms with Gasteiger partial charge >= 0.3 is 5.97 Å². The van der Waals surface area contributed by atoms with E-state index in [1.165, 1.54) is 6.08 Å². The molecule has 0 aliphatic carbocycles. The molecule has 0 unspecified atom stereocenters. The molecule has 0 spiro atoms. The molecule has 0 aromatic heterocycles. The smallest absolute Gasteiger partial charge is 0.330 e. The van der Waals surface area contributed by atoms with E-state index in [1.54, 1.807) is 7.11 Å². The van der Waals surface area contributed by atoms with Gasteiger partial charge in [-0.3, -0.25) is 0 Å². The molecular weight excluding hydrogens is 280 g/mol. The van der Waals surface area contributed by atoms with E-state index in [2.05, 4.69) is 0 Å². The normalized spacial score (nSPS) is 13.1. The second kappa shape index (κ2) is 8.59. The second-order valence-corrected chi connectivity index (χ2v) is 6.23. The SMILES string of the molecule is COc1ccc(COC[C@@H](C)/C=C/C(=O)OC(C)(C)C)cc1. The van der Waals surface area contributed by atoms with E-state index < -0.39 is 5.60 Å². The zero-order valence-corrected chi connectivity index (χ0v) is 14.1. The fourth-order valence-electron chi connectivity index (χ4n) is 1.72. The third kappa shape index (κ3) is 7.84. The molecule has 4 nitrogen and oxygen atoms in total. The quantitative estimate of drug-likeness (QED) is 0.568. The molecule has 0 radical (unpaired) electrons. The molecule has 0 bridgehead atoms. The number of hydrogen-bond acceptors (Lipinski definition) is 4. The minimum Gasteiger partial charge on any atom is -0.497 e. The van der Waals surface area contributed by atoms with E-state index >= 15 is 0 Å². The number of carbonyl (C=O) groups is 1. The third-order valence-electron chi connectivity index (χ3n) is 2.78. The van der Waals surface area contributed by atoms with Crippen LogP contribution in [0.5, 0.6) is 5.75 Å². The number of benzene rings is 1. The Hall–Kier alpha value is -1.81. The van der Waals surface area contributed by atoms with Crippen molar-refractivity contribution in [2.24, 2.45) is 5.92 Å². The predicted molar refractivity (Wildman–Crippen MR) is 86.8 cm³/mol. The molecule has 0 N–H and O–H groups in total. The van der Waals surface area contributed by atoms with Gasteiger partial charge in [0.05, 0.1) is 20.3 Å². The summed E-state index contributed by atoms with van der Waals surface area (Å²) >= 11 is 0. The van der Waals surface area contributed by atoms with Crippen molar-refractivity contribution in [1.29, 1.82) is 0 Å². The van der Waals surface area contributed by atoms with Crippen molar-refractivity contribution >= 4 is 5.97 Å². The number of hydrogen-bond donors (Lipinski definition) is 0. The molecule has 1 rings (SSSR count). The molecule has 0 heterocycles. The van der Waals surface area contributed by atoms with Gasteiger partial charge in [0.1, 0.15) is 11.4 Å². The van der Waals surface area contributed by atoms with E-state index in [1.807, 2.05) is 58.0 Å². The summed E-state index contributed by atoms with van der Waals surface area (Å²) in [5, 5.41) is 0. The zero-order valence-electron chi connectivity index (χ0n) is 14.1. The summed E-state index contributed by atoms with van der Waals surface area (Å²) < 4.78 is 16.0. The van der Waals surface area contributed by atoms with Crippen LogP contribution in [0.15, 0.2) is 36.4 Å². The highest BCUT2D eigenvalue weighted by Crippen LogP contribution is 2.12. The molecule has 122 valence electrons. The average molecular weight is 306 g/mol. The monoisotopic (exact) mass is 306 g/mol. The maximum absolute atomic E-state index is 11.6. The van der Waals surface area contributed by atoms with Gasteiger partial charge < -0.3 is 14.2 Å². The summed E-state index contributed by atoms with van der Waals surface area (Å²) in [7, 11) is 1.64. The number of carbonyl (C=O) groups excluding carboxylic acids is 1. The van der Waals surface area contributed by atoms with Crippen LogP contribution in [0.4, 0.5) is 0 Å². The van der Waals surface area contributed by atoms with Crippen molar-refractivity contribution in [3.05, 3.63) is 42.0 Å². The topological polar surface area (TPSA) is 44.8 Å². The summed E-state index contributed by atoms with van der Waals surface area (Å²) in [6, 6.07) is 7.76. The van der Waals surface area contributed by atoms with Gasteiger partial charge in [-0.1, -0.05) is 25.1 Å². The number of methoxy groups -OCH3 is 1. The zero-order chi connectivity index (χ0) is 16.6. The molecular formula is C18H26O4. The molecule has 4 heteroatoms. The average Bonchev–Trinajstić information content (AvgIpc) is 2.44. The second-order valence-electron chi connectivity index (χ2n) is 6.23. The van der Waals surface area contributed by atoms with Crippen LogP contribution in [0.25, 0.3) is 0 Å². The molecule has 0 aliphatic rings. The van der Waals surface area contributed by atoms with Gasteiger partial charge in [0.25, 0.3) is 0 Å². The van der Waals surface area contributed by atoms with Crippen LogP contribution in [-0.4, -0.2) is 25.3 Å². The molecule has 0 saturated carbocycles. The maximum Gasteiger partial charge on any atom is 0.330 e. The van der Waals surface area contributed by atoms with Crippen LogP contribution in [-0.2, 0) is 20.9 Å². The van der Waals surface area contributed by atoms with E-state index in [4.69, 9.17) is 14.2 Å². The highest BCUT2D eigenvalue weighted by molar-refractivity contribution is 5.82. The Balaban J connectivity index is 2.30. The van der Waals surface area contributed by atoms with Crippen molar-refractivity contribution in [2.45, 2.75) is 39.9 Å². The van der Waals surface area contributed by atoms with Gasteiger partial charge in [-0.25, -0.2) is 4.79 Å². The van der Waals surface area contributed by atoms with Gasteiger partial charge in [0, 0.05) is 6.08 Å². The molecule has 1 atom stereocenters. The van der Waals surface area contributed by atoms with Gasteiger partial charge in [0.2, 0.25) is 0 Å². The molecule has 0 amide bonds. The van der Waals surface area contributed by atoms with E-state index in [0.29, 0.717) is 13.2 Å². The molecule has 22 heavy (non-hydrogen) atoms. The Bertz CT molecular complexity index is 483. The fraction of sp³-hybridized carbons (Fsp3) is 0.500. The van der Waals surface area contributed by atoms with Crippen LogP contribution in [0, 0.1) is 5.92 Å². The first-order valence-electron chi connectivity index (χ1n) is 7.42. The van der Waals surface area contributed by atoms with Crippen molar-refractivity contribution in [3.8, 4) is 5.75 Å². The molecule has 1 aromatic rings. The van der Waals surface area contributed by atoms with Crippen LogP contribution in [0.3, 0.4) is 0 Å². The first kappa shape index (κ1) is 18.2. The molecule has 0 saturated heterocycles. The predicted octanol–water partition coefficient (Wildman–Crippen LogP) is 3.75. The van der Waals surface area contributed by atoms with E-state index in [0.717, 1.165) is 11.3 Å². The fourth-order valence-corrected chi connectivity index (χ4v) is 1.72. The number of esters is 1. The Labute approximate surface area is 133 Å². The number of ether oxygens (including phenoxy) is 3. The van der Waals surface area contributed by atoms with Crippen LogP contribution < -0.4 is 4.74 Å². The van der Waals surface area contributed by atoms with Crippen LogP contribution in [0.1, 0.15) is 33.3 Å². The van der Waals surface area contributed by atoms with Crippen molar-refractivity contribution in [3.63, 3.8) is 0 Å². The van der Waals surface area contributed by atoms with Gasteiger partial charge in [-0.15, -0.1) is 0 Å². The minimum atomic E-state index is -0.463. The summed E-state index contributed by atoms with van der Waals surface area (Å²) in [6.07, 6.45) is 3.27. The lowest BCUT2D eigenvalue weighted by Crippen LogP contribution is -2.22. The minimum absolute atomic E-state index is 0.144. The molecule has 0 aliphatic heterocycles. The van der Waals surface area contributed by atoms with Crippen LogP contribution in [0.2, 0.25) is 0 Å². The third-order valence-corrected chi connectivity index (χ3v) is 2.78. The standard InChI is InChI=1S/C18H26O4/c1-14(6-11-17(19)22-18(2,3)4)12-21-13-15-7-9-16(20-5)10-8-15/h6-11,14H,12-13H2,1-5H3/b11-6+/t14-/m0/s1. The van der Waals surface area contributed by atoms with E-state index in [-0.39, 0.29) is 11.9 Å². The Morgan fingerprint density at radius 1 is 1.23 bits per heavy atom. The molecule has 0 fully saturated rings. The summed E-state index contributed by atoms with van der Waals surface area (Å²) in [4.78, 5) is 11.6. The van der Waals surface area contributed by atoms with Gasteiger partial charge in [0.15, 0.2) is 0 Å². The van der Waals surface area contributed by atoms with E-state index in [9.17, 15) is 4.79 Å². The van der Waals surface area contributed by atoms with Gasteiger partial charge in [-0.2, -0.15) is 0 Å². The van der Waals surface area contributed by atoms with Crippen molar-refractivity contribution in [1.82, 2.24) is 0 Å². The first-order valence-corrected chi connectivity index (χ1v) is 7.42. The lowest BCUT2D eigenvalue weighted by atomic mass is 10.1. The first-order chi connectivity index (χ1) is 10.3. The maximum atomic E-state index is 11.6. The number of rotatable bonds is 7. The highest BCUT2D eigenvalue weighted by atomic mass is 16.6. The molecule has 1 aromatic carbocycles. The van der Waals surface area contributed by atoms with Gasteiger partial charge in [-0.05, 0) is 44.4 Å². The Morgan fingerprint density at radius 3 is 2.41 bits per heavy atom. The summed E-state index contributed by atoms with van der Waals surface area (Å²) in [5.74, 6) is 0.651. The lowest BCUT2D eigenvalue weighted by molar-refractivity contribution is -0.148. The van der Waals surface area contributed by atoms with Crippen LogP contribution >= 0.6 is 0 Å². The van der Waals surface area contributed by atoms with Crippen molar-refractivity contribution < 1.29 is 19.0 Å². The van der Waals surface area contributed by atoms with Crippen molar-refractivity contribution in [2.75, 3.05) is 13.7 Å². The lowest BCUT2D eigenvalue weighted by Gasteiger charge is -2.18. The summed E-state index contributed by atoms with van der Waals surface area (Å²) in [6.45, 7) is 8.62. The summed E-state index contributed by atoms with van der Waals surface area (Å²) in [5.41, 5.74) is 0.624. The Morgan fingerprint density at radius 2 is 1.86 bits per heavy atom.